The highest BCUT2D eigenvalue weighted by molar-refractivity contribution is 5.97. The van der Waals surface area contributed by atoms with Gasteiger partial charge in [-0.25, -0.2) is 0 Å². The standard InChI is InChI=1S/C71H64N4/c1-71(2)67-49-61(72(53-25-7-3-8-26-53)57-37-41-59(42-38-57)74(55-29-11-5-12-30-55)69-35-19-23-51-21-15-17-33-63(51)69)45-47-65(67)66-48-46-62(50-68(66)71)73(54-27-9-4-10-28-54)58-39-43-60(44-40-58)75(56-31-13-6-14-32-56)70-36-20-24-52-22-16-18-34-64(52)70/h3-5,7-13,15-18,20-25,27-34,36-44,49-50,53H,6,14,19,26,35,45-48H2,1-2H3. The van der Waals surface area contributed by atoms with Gasteiger partial charge in [-0.1, -0.05) is 153 Å². The van der Waals surface area contributed by atoms with E-state index in [1.54, 1.807) is 11.1 Å². The summed E-state index contributed by atoms with van der Waals surface area (Å²) in [5.41, 5.74) is 19.6. The molecule has 0 aliphatic heterocycles. The van der Waals surface area contributed by atoms with Crippen LogP contribution in [0.4, 0.5) is 39.8 Å². The fourth-order valence-corrected chi connectivity index (χ4v) is 12.9. The monoisotopic (exact) mass is 973 g/mol. The van der Waals surface area contributed by atoms with Crippen molar-refractivity contribution in [2.24, 2.45) is 5.41 Å². The van der Waals surface area contributed by atoms with Crippen LogP contribution in [0.25, 0.3) is 22.5 Å². The quantitative estimate of drug-likeness (QED) is 0.121. The molecule has 6 aliphatic rings. The minimum atomic E-state index is -0.159. The summed E-state index contributed by atoms with van der Waals surface area (Å²) in [6, 6.07) is 65.2. The SMILES string of the molecule is CC1(C)C2=C(CCC(N(c3ccccc3)c3ccc(N(C4=CCCC=C4)c4cccc5ccccc45)cc3)=C2)C2=C1C=C(N(c1ccc(N(C3=c4ccccc4=CCC3)c3ccccc3)cc1)C1C=CC=CC1)CC2. The number of fused-ring (bicyclic) bond motifs is 3. The maximum Gasteiger partial charge on any atom is 0.0556 e. The third-order valence-electron chi connectivity index (χ3n) is 16.4. The van der Waals surface area contributed by atoms with Crippen molar-refractivity contribution >= 4 is 62.4 Å². The van der Waals surface area contributed by atoms with Gasteiger partial charge in [0.1, 0.15) is 0 Å². The maximum absolute atomic E-state index is 2.65. The van der Waals surface area contributed by atoms with Crippen LogP contribution < -0.4 is 30.0 Å². The molecule has 0 amide bonds. The van der Waals surface area contributed by atoms with Gasteiger partial charge in [0, 0.05) is 72.9 Å². The molecule has 0 N–H and O–H groups in total. The Hall–Kier alpha value is -8.34. The lowest BCUT2D eigenvalue weighted by atomic mass is 9.77. The van der Waals surface area contributed by atoms with Crippen LogP contribution in [0, 0.1) is 5.41 Å². The molecular weight excluding hydrogens is 909 g/mol. The van der Waals surface area contributed by atoms with E-state index in [2.05, 4.69) is 270 Å². The van der Waals surface area contributed by atoms with Gasteiger partial charge in [0.15, 0.2) is 0 Å². The molecule has 7 aromatic carbocycles. The molecule has 7 aromatic rings. The van der Waals surface area contributed by atoms with E-state index in [1.807, 2.05) is 0 Å². The first-order valence-corrected chi connectivity index (χ1v) is 27.3. The number of allylic oxidation sites excluding steroid dienone is 13. The molecule has 13 rings (SSSR count). The molecule has 1 unspecified atom stereocenters. The van der Waals surface area contributed by atoms with E-state index in [4.69, 9.17) is 0 Å². The summed E-state index contributed by atoms with van der Waals surface area (Å²) < 4.78 is 0. The van der Waals surface area contributed by atoms with Crippen LogP contribution in [0.1, 0.15) is 71.6 Å². The lowest BCUT2D eigenvalue weighted by Crippen LogP contribution is -2.35. The second-order valence-corrected chi connectivity index (χ2v) is 21.3. The van der Waals surface area contributed by atoms with Gasteiger partial charge >= 0.3 is 0 Å². The third kappa shape index (κ3) is 8.62. The average Bonchev–Trinajstić information content (AvgIpc) is 3.71. The largest absolute Gasteiger partial charge is 0.338 e. The molecule has 0 heterocycles. The van der Waals surface area contributed by atoms with Crippen molar-refractivity contribution in [3.8, 4) is 0 Å². The van der Waals surface area contributed by atoms with Crippen molar-refractivity contribution in [3.05, 3.63) is 280 Å². The highest BCUT2D eigenvalue weighted by atomic mass is 15.2. The number of rotatable bonds is 12. The third-order valence-corrected chi connectivity index (χ3v) is 16.4. The van der Waals surface area contributed by atoms with Gasteiger partial charge in [0.2, 0.25) is 0 Å². The van der Waals surface area contributed by atoms with Crippen LogP contribution in [-0.2, 0) is 0 Å². The van der Waals surface area contributed by atoms with E-state index in [0.717, 1.165) is 63.5 Å². The number of anilines is 7. The van der Waals surface area contributed by atoms with E-state index >= 15 is 0 Å². The lowest BCUT2D eigenvalue weighted by Gasteiger charge is -2.38. The Kier molecular flexibility index (Phi) is 12.3. The van der Waals surface area contributed by atoms with Crippen molar-refractivity contribution in [1.82, 2.24) is 0 Å². The Labute approximate surface area is 443 Å². The Morgan fingerprint density at radius 1 is 0.453 bits per heavy atom. The molecule has 368 valence electrons. The average molecular weight is 973 g/mol. The first-order valence-electron chi connectivity index (χ1n) is 27.3. The van der Waals surface area contributed by atoms with E-state index in [9.17, 15) is 0 Å². The molecule has 0 fully saturated rings. The van der Waals surface area contributed by atoms with Gasteiger partial charge in [0.25, 0.3) is 0 Å². The zero-order valence-electron chi connectivity index (χ0n) is 43.2. The van der Waals surface area contributed by atoms with E-state index < -0.39 is 0 Å². The molecule has 4 nitrogen and oxygen atoms in total. The van der Waals surface area contributed by atoms with Crippen LogP contribution in [0.3, 0.4) is 0 Å². The summed E-state index contributed by atoms with van der Waals surface area (Å²) in [5.74, 6) is 0. The zero-order chi connectivity index (χ0) is 50.3. The van der Waals surface area contributed by atoms with Gasteiger partial charge < -0.3 is 19.6 Å². The molecule has 0 saturated heterocycles. The molecule has 0 spiro atoms. The van der Waals surface area contributed by atoms with E-state index in [1.165, 1.54) is 89.3 Å². The number of benzene rings is 7. The first kappa shape index (κ1) is 46.4. The molecule has 0 aromatic heterocycles. The fraction of sp³-hybridized carbons (Fsp3) is 0.183. The van der Waals surface area contributed by atoms with Gasteiger partial charge in [-0.05, 0) is 188 Å². The Bertz CT molecular complexity index is 3710. The minimum Gasteiger partial charge on any atom is -0.338 e. The molecule has 0 bridgehead atoms. The van der Waals surface area contributed by atoms with Crippen molar-refractivity contribution < 1.29 is 0 Å². The van der Waals surface area contributed by atoms with E-state index in [0.29, 0.717) is 0 Å². The van der Waals surface area contributed by atoms with Crippen LogP contribution in [0.15, 0.2) is 270 Å². The molecule has 6 aliphatic carbocycles. The number of hydrogen-bond acceptors (Lipinski definition) is 4. The number of para-hydroxylation sites is 2. The van der Waals surface area contributed by atoms with Crippen LogP contribution in [0.5, 0.6) is 0 Å². The Balaban J connectivity index is 0.832. The van der Waals surface area contributed by atoms with Crippen molar-refractivity contribution in [2.75, 3.05) is 19.6 Å². The fourth-order valence-electron chi connectivity index (χ4n) is 12.9. The molecular formula is C71H64N4. The van der Waals surface area contributed by atoms with Crippen molar-refractivity contribution in [3.63, 3.8) is 0 Å². The highest BCUT2D eigenvalue weighted by Gasteiger charge is 2.42. The van der Waals surface area contributed by atoms with Gasteiger partial charge in [-0.15, -0.1) is 0 Å². The van der Waals surface area contributed by atoms with Gasteiger partial charge in [-0.2, -0.15) is 0 Å². The maximum atomic E-state index is 2.65. The lowest BCUT2D eigenvalue weighted by molar-refractivity contribution is 0.563. The van der Waals surface area contributed by atoms with Crippen molar-refractivity contribution in [1.29, 1.82) is 0 Å². The predicted octanol–water partition coefficient (Wildman–Crippen LogP) is 17.3. The second-order valence-electron chi connectivity index (χ2n) is 21.3. The van der Waals surface area contributed by atoms with Crippen LogP contribution in [0.2, 0.25) is 0 Å². The minimum absolute atomic E-state index is 0.159. The molecule has 4 heteroatoms. The topological polar surface area (TPSA) is 13.0 Å². The number of nitrogens with zero attached hydrogens (tertiary/aromatic N) is 4. The Morgan fingerprint density at radius 2 is 1.05 bits per heavy atom. The van der Waals surface area contributed by atoms with E-state index in [-0.39, 0.29) is 11.5 Å². The van der Waals surface area contributed by atoms with Crippen LogP contribution >= 0.6 is 0 Å². The van der Waals surface area contributed by atoms with Crippen LogP contribution in [-0.4, -0.2) is 6.04 Å². The normalized spacial score (nSPS) is 18.3. The summed E-state index contributed by atoms with van der Waals surface area (Å²) in [5, 5.41) is 5.13. The number of hydrogen-bond donors (Lipinski definition) is 0. The summed E-state index contributed by atoms with van der Waals surface area (Å²) in [4.78, 5) is 10.1. The molecule has 1 atom stereocenters. The Morgan fingerprint density at radius 3 is 1.76 bits per heavy atom. The van der Waals surface area contributed by atoms with Crippen molar-refractivity contribution in [2.45, 2.75) is 77.7 Å². The summed E-state index contributed by atoms with van der Waals surface area (Å²) >= 11 is 0. The summed E-state index contributed by atoms with van der Waals surface area (Å²) in [7, 11) is 0. The summed E-state index contributed by atoms with van der Waals surface area (Å²) in [6.45, 7) is 4.95. The smallest absolute Gasteiger partial charge is 0.0556 e. The van der Waals surface area contributed by atoms with Gasteiger partial charge in [0.05, 0.1) is 11.7 Å². The molecule has 75 heavy (non-hydrogen) atoms. The second kappa shape index (κ2) is 19.8. The highest BCUT2D eigenvalue weighted by Crippen LogP contribution is 2.56. The predicted molar refractivity (Wildman–Crippen MR) is 317 cm³/mol. The summed E-state index contributed by atoms with van der Waals surface area (Å²) in [6.07, 6.45) is 32.9. The molecule has 0 saturated carbocycles. The van der Waals surface area contributed by atoms with Gasteiger partial charge in [-0.3, -0.25) is 0 Å². The molecule has 0 radical (unpaired) electrons. The zero-order valence-corrected chi connectivity index (χ0v) is 43.2. The first-order chi connectivity index (χ1) is 37.0.